The molecule has 1 fully saturated rings. The summed E-state index contributed by atoms with van der Waals surface area (Å²) in [7, 11) is 0. The summed E-state index contributed by atoms with van der Waals surface area (Å²) in [5.41, 5.74) is 5.37. The molecule has 1 aliphatic carbocycles. The van der Waals surface area contributed by atoms with E-state index in [0.717, 1.165) is 24.9 Å². The lowest BCUT2D eigenvalue weighted by atomic mass is 9.82. The molecule has 4 nitrogen and oxygen atoms in total. The molecule has 1 rings (SSSR count). The standard InChI is InChI=1S/C11H23N3O/c1-9-3-2-4-10(7-9)8-13-6-5-11(12)14-15/h9-10,13,15H,2-8H2,1H3,(H2,12,14). The minimum atomic E-state index is 0.305. The first-order valence-corrected chi connectivity index (χ1v) is 5.89. The Morgan fingerprint density at radius 2 is 2.33 bits per heavy atom. The fraction of sp³-hybridized carbons (Fsp3) is 0.909. The van der Waals surface area contributed by atoms with Crippen molar-refractivity contribution in [1.82, 2.24) is 5.32 Å². The Morgan fingerprint density at radius 3 is 3.00 bits per heavy atom. The molecule has 0 spiro atoms. The van der Waals surface area contributed by atoms with Crippen LogP contribution in [0.25, 0.3) is 0 Å². The summed E-state index contributed by atoms with van der Waals surface area (Å²) < 4.78 is 0. The first-order chi connectivity index (χ1) is 7.22. The molecule has 2 atom stereocenters. The summed E-state index contributed by atoms with van der Waals surface area (Å²) >= 11 is 0. The first kappa shape index (κ1) is 12.3. The summed E-state index contributed by atoms with van der Waals surface area (Å²) in [5.74, 6) is 2.01. The predicted molar refractivity (Wildman–Crippen MR) is 62.0 cm³/mol. The number of nitrogens with one attached hydrogen (secondary N) is 1. The molecule has 0 aromatic heterocycles. The Morgan fingerprint density at radius 1 is 1.53 bits per heavy atom. The van der Waals surface area contributed by atoms with Crippen LogP contribution >= 0.6 is 0 Å². The molecule has 1 aliphatic rings. The zero-order chi connectivity index (χ0) is 11.1. The van der Waals surface area contributed by atoms with E-state index in [1.54, 1.807) is 0 Å². The number of rotatable bonds is 5. The molecule has 0 saturated heterocycles. The van der Waals surface area contributed by atoms with Crippen LogP contribution in [-0.2, 0) is 0 Å². The monoisotopic (exact) mass is 213 g/mol. The summed E-state index contributed by atoms with van der Waals surface area (Å²) in [6.45, 7) is 4.21. The van der Waals surface area contributed by atoms with E-state index in [-0.39, 0.29) is 0 Å². The molecule has 0 bridgehead atoms. The average Bonchev–Trinajstić information content (AvgIpc) is 2.24. The van der Waals surface area contributed by atoms with Crippen molar-refractivity contribution in [2.45, 2.75) is 39.0 Å². The van der Waals surface area contributed by atoms with Crippen LogP contribution in [-0.4, -0.2) is 24.1 Å². The lowest BCUT2D eigenvalue weighted by Gasteiger charge is -2.26. The molecule has 15 heavy (non-hydrogen) atoms. The largest absolute Gasteiger partial charge is 0.409 e. The highest BCUT2D eigenvalue weighted by Gasteiger charge is 2.17. The van der Waals surface area contributed by atoms with Crippen LogP contribution in [0.3, 0.4) is 0 Å². The first-order valence-electron chi connectivity index (χ1n) is 5.89. The molecule has 88 valence electrons. The molecule has 0 aromatic rings. The minimum absolute atomic E-state index is 0.305. The molecule has 0 radical (unpaired) electrons. The van der Waals surface area contributed by atoms with Crippen LogP contribution in [0.15, 0.2) is 5.16 Å². The van der Waals surface area contributed by atoms with Gasteiger partial charge in [-0.2, -0.15) is 0 Å². The second-order valence-corrected chi connectivity index (χ2v) is 4.68. The van der Waals surface area contributed by atoms with E-state index in [0.29, 0.717) is 12.3 Å². The number of nitrogens with two attached hydrogens (primary N) is 1. The van der Waals surface area contributed by atoms with Gasteiger partial charge in [0.05, 0.1) is 0 Å². The van der Waals surface area contributed by atoms with Gasteiger partial charge < -0.3 is 16.3 Å². The lowest BCUT2D eigenvalue weighted by Crippen LogP contribution is -2.29. The lowest BCUT2D eigenvalue weighted by molar-refractivity contribution is 0.275. The van der Waals surface area contributed by atoms with Gasteiger partial charge in [-0.1, -0.05) is 24.9 Å². The Balaban J connectivity index is 2.04. The van der Waals surface area contributed by atoms with Crippen LogP contribution in [0.4, 0.5) is 0 Å². The summed E-state index contributed by atoms with van der Waals surface area (Å²) in [6, 6.07) is 0. The molecule has 0 aliphatic heterocycles. The van der Waals surface area contributed by atoms with Crippen LogP contribution in [0.1, 0.15) is 39.0 Å². The highest BCUT2D eigenvalue weighted by molar-refractivity contribution is 5.79. The molecule has 0 amide bonds. The van der Waals surface area contributed by atoms with Crippen LogP contribution < -0.4 is 11.1 Å². The van der Waals surface area contributed by atoms with E-state index < -0.39 is 0 Å². The van der Waals surface area contributed by atoms with Gasteiger partial charge >= 0.3 is 0 Å². The average molecular weight is 213 g/mol. The molecule has 2 unspecified atom stereocenters. The molecule has 1 saturated carbocycles. The predicted octanol–water partition coefficient (Wildman–Crippen LogP) is 1.54. The summed E-state index contributed by atoms with van der Waals surface area (Å²) in [6.07, 6.45) is 6.07. The van der Waals surface area contributed by atoms with Gasteiger partial charge in [-0.05, 0) is 31.2 Å². The maximum Gasteiger partial charge on any atom is 0.140 e. The Kier molecular flexibility index (Phi) is 5.47. The zero-order valence-corrected chi connectivity index (χ0v) is 9.58. The maximum absolute atomic E-state index is 8.35. The number of oxime groups is 1. The fourth-order valence-electron chi connectivity index (χ4n) is 2.32. The second-order valence-electron chi connectivity index (χ2n) is 4.68. The van der Waals surface area contributed by atoms with Crippen molar-refractivity contribution in [2.24, 2.45) is 22.7 Å². The van der Waals surface area contributed by atoms with Gasteiger partial charge in [0.1, 0.15) is 5.84 Å². The highest BCUT2D eigenvalue weighted by Crippen LogP contribution is 2.27. The quantitative estimate of drug-likeness (QED) is 0.213. The van der Waals surface area contributed by atoms with E-state index in [4.69, 9.17) is 10.9 Å². The molecule has 0 heterocycles. The topological polar surface area (TPSA) is 70.6 Å². The van der Waals surface area contributed by atoms with Crippen molar-refractivity contribution in [2.75, 3.05) is 13.1 Å². The Labute approximate surface area is 91.9 Å². The van der Waals surface area contributed by atoms with Gasteiger partial charge in [-0.15, -0.1) is 0 Å². The fourth-order valence-corrected chi connectivity index (χ4v) is 2.32. The van der Waals surface area contributed by atoms with E-state index in [9.17, 15) is 0 Å². The SMILES string of the molecule is CC1CCCC(CNCCC(N)=NO)C1. The van der Waals surface area contributed by atoms with Gasteiger partial charge in [0, 0.05) is 13.0 Å². The van der Waals surface area contributed by atoms with Gasteiger partial charge in [0.2, 0.25) is 0 Å². The van der Waals surface area contributed by atoms with E-state index in [1.165, 1.54) is 25.7 Å². The van der Waals surface area contributed by atoms with E-state index in [2.05, 4.69) is 17.4 Å². The third-order valence-corrected chi connectivity index (χ3v) is 3.16. The van der Waals surface area contributed by atoms with Crippen molar-refractivity contribution in [3.63, 3.8) is 0 Å². The van der Waals surface area contributed by atoms with Crippen molar-refractivity contribution in [3.05, 3.63) is 0 Å². The van der Waals surface area contributed by atoms with Crippen molar-refractivity contribution < 1.29 is 5.21 Å². The Bertz CT molecular complexity index is 206. The number of hydrogen-bond acceptors (Lipinski definition) is 3. The van der Waals surface area contributed by atoms with Crippen molar-refractivity contribution >= 4 is 5.84 Å². The van der Waals surface area contributed by atoms with Crippen LogP contribution in [0.5, 0.6) is 0 Å². The van der Waals surface area contributed by atoms with Crippen LogP contribution in [0, 0.1) is 11.8 Å². The third kappa shape index (κ3) is 5.02. The van der Waals surface area contributed by atoms with Gasteiger partial charge in [-0.3, -0.25) is 0 Å². The van der Waals surface area contributed by atoms with Crippen molar-refractivity contribution in [3.8, 4) is 0 Å². The third-order valence-electron chi connectivity index (χ3n) is 3.16. The van der Waals surface area contributed by atoms with Crippen LogP contribution in [0.2, 0.25) is 0 Å². The molecule has 4 N–H and O–H groups in total. The smallest absolute Gasteiger partial charge is 0.140 e. The molecular weight excluding hydrogens is 190 g/mol. The summed E-state index contributed by atoms with van der Waals surface area (Å²) in [5, 5.41) is 14.7. The van der Waals surface area contributed by atoms with Gasteiger partial charge in [-0.25, -0.2) is 0 Å². The van der Waals surface area contributed by atoms with E-state index >= 15 is 0 Å². The zero-order valence-electron chi connectivity index (χ0n) is 9.58. The number of hydrogen-bond donors (Lipinski definition) is 3. The second kappa shape index (κ2) is 6.67. The van der Waals surface area contributed by atoms with Gasteiger partial charge in [0.25, 0.3) is 0 Å². The van der Waals surface area contributed by atoms with Crippen molar-refractivity contribution in [1.29, 1.82) is 0 Å². The highest BCUT2D eigenvalue weighted by atomic mass is 16.4. The minimum Gasteiger partial charge on any atom is -0.409 e. The normalized spacial score (nSPS) is 27.9. The summed E-state index contributed by atoms with van der Waals surface area (Å²) in [4.78, 5) is 0. The number of nitrogens with zero attached hydrogens (tertiary/aromatic N) is 1. The van der Waals surface area contributed by atoms with E-state index in [1.807, 2.05) is 0 Å². The number of amidine groups is 1. The Hall–Kier alpha value is -0.770. The van der Waals surface area contributed by atoms with Gasteiger partial charge in [0.15, 0.2) is 0 Å². The maximum atomic E-state index is 8.35. The molecular formula is C11H23N3O. The molecule has 4 heteroatoms. The molecule has 0 aromatic carbocycles.